The summed E-state index contributed by atoms with van der Waals surface area (Å²) in [6.07, 6.45) is 13.3. The van der Waals surface area contributed by atoms with E-state index in [1.54, 1.807) is 12.2 Å². The Hall–Kier alpha value is -4.36. The minimum atomic E-state index is -4.36. The highest BCUT2D eigenvalue weighted by Gasteiger charge is 2.29. The topological polar surface area (TPSA) is 78.0 Å². The molecule has 0 atom stereocenters. The van der Waals surface area contributed by atoms with E-state index >= 15 is 0 Å². The Bertz CT molecular complexity index is 1430. The molecule has 2 aromatic carbocycles. The summed E-state index contributed by atoms with van der Waals surface area (Å²) >= 11 is 0. The number of unbranched alkanes of at least 4 members (excludes halogenated alkanes) is 2. The summed E-state index contributed by atoms with van der Waals surface area (Å²) in [4.78, 5) is 4.34. The van der Waals surface area contributed by atoms with Crippen molar-refractivity contribution in [2.45, 2.75) is 57.9 Å². The number of ether oxygens (including phenoxy) is 1. The first kappa shape index (κ1) is 30.6. The van der Waals surface area contributed by atoms with E-state index in [9.17, 15) is 13.2 Å². The molecular formula is C32H34F3N5O2. The smallest absolute Gasteiger partial charge is 0.416 e. The molecule has 4 aromatic rings. The van der Waals surface area contributed by atoms with Crippen molar-refractivity contribution in [2.75, 3.05) is 13.1 Å². The van der Waals surface area contributed by atoms with Crippen LogP contribution in [-0.4, -0.2) is 33.1 Å². The van der Waals surface area contributed by atoms with Gasteiger partial charge in [-0.05, 0) is 73.7 Å². The van der Waals surface area contributed by atoms with Crippen LogP contribution in [0.1, 0.15) is 59.7 Å². The quantitative estimate of drug-likeness (QED) is 0.119. The second-order valence-corrected chi connectivity index (χ2v) is 9.80. The van der Waals surface area contributed by atoms with Crippen molar-refractivity contribution < 1.29 is 22.3 Å². The van der Waals surface area contributed by atoms with E-state index in [-0.39, 0.29) is 6.61 Å². The minimum Gasteiger partial charge on any atom is -0.487 e. The maximum Gasteiger partial charge on any atom is 0.416 e. The van der Waals surface area contributed by atoms with Gasteiger partial charge in [0.2, 0.25) is 5.89 Å². The van der Waals surface area contributed by atoms with Gasteiger partial charge in [-0.1, -0.05) is 29.5 Å². The highest BCUT2D eigenvalue weighted by atomic mass is 19.4. The molecule has 0 unspecified atom stereocenters. The predicted molar refractivity (Wildman–Crippen MR) is 155 cm³/mol. The zero-order valence-corrected chi connectivity index (χ0v) is 23.3. The first-order valence-corrected chi connectivity index (χ1v) is 13.9. The maximum atomic E-state index is 12.7. The Balaban J connectivity index is 1.12. The summed E-state index contributed by atoms with van der Waals surface area (Å²) in [5, 5.41) is 11.8. The molecule has 4 rings (SSSR count). The molecule has 0 radical (unpaired) electrons. The Labute approximate surface area is 243 Å². The molecule has 0 aliphatic carbocycles. The lowest BCUT2D eigenvalue weighted by atomic mass is 10.1. The van der Waals surface area contributed by atoms with Crippen molar-refractivity contribution >= 4 is 12.2 Å². The molecule has 0 aliphatic heterocycles. The fourth-order valence-electron chi connectivity index (χ4n) is 4.15. The Kier molecular flexibility index (Phi) is 11.4. The van der Waals surface area contributed by atoms with Gasteiger partial charge in [-0.15, -0.1) is 17.4 Å². The highest BCUT2D eigenvalue weighted by molar-refractivity contribution is 5.66. The van der Waals surface area contributed by atoms with Crippen LogP contribution in [0.15, 0.2) is 65.4 Å². The standard InChI is InChI=1S/C32H34F3N5O2/c1-2-3-5-19-36-20-18-28-22-40(39-38-28)21-6-4-7-25-10-15-30(16-11-25)41-23-29-24-42-31(37-29)17-12-26-8-13-27(14-9-26)32(33,34)35/h1,8-17,22,24,36H,3-7,18-21,23H2/b17-12+. The molecule has 0 amide bonds. The van der Waals surface area contributed by atoms with Crippen molar-refractivity contribution in [3.05, 3.63) is 95.0 Å². The number of nitrogens with zero attached hydrogens (tertiary/aromatic N) is 4. The van der Waals surface area contributed by atoms with Crippen LogP contribution in [0.2, 0.25) is 0 Å². The molecule has 0 saturated heterocycles. The second kappa shape index (κ2) is 15.6. The van der Waals surface area contributed by atoms with Gasteiger partial charge in [0.1, 0.15) is 24.3 Å². The third-order valence-electron chi connectivity index (χ3n) is 6.46. The summed E-state index contributed by atoms with van der Waals surface area (Å²) in [7, 11) is 0. The van der Waals surface area contributed by atoms with Gasteiger partial charge in [-0.25, -0.2) is 4.98 Å². The van der Waals surface area contributed by atoms with Gasteiger partial charge in [0.15, 0.2) is 0 Å². The normalized spacial score (nSPS) is 11.7. The van der Waals surface area contributed by atoms with Crippen LogP contribution >= 0.6 is 0 Å². The van der Waals surface area contributed by atoms with Crippen LogP contribution in [0, 0.1) is 12.3 Å². The van der Waals surface area contributed by atoms with Crippen LogP contribution in [0.25, 0.3) is 12.2 Å². The average molecular weight is 578 g/mol. The van der Waals surface area contributed by atoms with Crippen LogP contribution < -0.4 is 10.1 Å². The molecule has 42 heavy (non-hydrogen) atoms. The highest BCUT2D eigenvalue weighted by Crippen LogP contribution is 2.29. The lowest BCUT2D eigenvalue weighted by Gasteiger charge is -2.06. The SMILES string of the molecule is C#CCCCNCCc1cn(CCCCc2ccc(OCc3coc(/C=C/c4ccc(C(F)(F)F)cc4)n3)cc2)nn1. The fourth-order valence-corrected chi connectivity index (χ4v) is 4.15. The molecule has 0 saturated carbocycles. The molecule has 0 aliphatic rings. The van der Waals surface area contributed by atoms with Crippen molar-refractivity contribution in [3.63, 3.8) is 0 Å². The van der Waals surface area contributed by atoms with Gasteiger partial charge >= 0.3 is 6.18 Å². The Morgan fingerprint density at radius 2 is 1.76 bits per heavy atom. The first-order valence-electron chi connectivity index (χ1n) is 13.9. The number of nitrogens with one attached hydrogen (secondary N) is 1. The van der Waals surface area contributed by atoms with Crippen molar-refractivity contribution in [1.29, 1.82) is 0 Å². The summed E-state index contributed by atoms with van der Waals surface area (Å²) in [6.45, 7) is 2.86. The van der Waals surface area contributed by atoms with E-state index in [1.807, 2.05) is 23.0 Å². The van der Waals surface area contributed by atoms with Crippen molar-refractivity contribution in [3.8, 4) is 18.1 Å². The third kappa shape index (κ3) is 10.2. The van der Waals surface area contributed by atoms with Gasteiger partial charge in [0.25, 0.3) is 0 Å². The number of hydrogen-bond acceptors (Lipinski definition) is 6. The van der Waals surface area contributed by atoms with E-state index in [1.165, 1.54) is 24.0 Å². The molecule has 220 valence electrons. The lowest BCUT2D eigenvalue weighted by Crippen LogP contribution is -2.18. The summed E-state index contributed by atoms with van der Waals surface area (Å²) in [5.41, 5.74) is 2.76. The zero-order chi connectivity index (χ0) is 29.6. The number of rotatable bonds is 16. The molecule has 2 aromatic heterocycles. The van der Waals surface area contributed by atoms with Gasteiger partial charge in [0, 0.05) is 38.2 Å². The molecule has 1 N–H and O–H groups in total. The molecule has 10 heteroatoms. The minimum absolute atomic E-state index is 0.235. The van der Waals surface area contributed by atoms with Crippen molar-refractivity contribution in [2.24, 2.45) is 0 Å². The number of hydrogen-bond donors (Lipinski definition) is 1. The Morgan fingerprint density at radius 1 is 0.952 bits per heavy atom. The Morgan fingerprint density at radius 3 is 2.52 bits per heavy atom. The molecular weight excluding hydrogens is 543 g/mol. The number of aryl methyl sites for hydroxylation is 2. The number of terminal acetylenes is 1. The van der Waals surface area contributed by atoms with E-state index in [0.717, 1.165) is 81.7 Å². The number of alkyl halides is 3. The van der Waals surface area contributed by atoms with Crippen LogP contribution in [-0.2, 0) is 32.2 Å². The van der Waals surface area contributed by atoms with Crippen LogP contribution in [0.5, 0.6) is 5.75 Å². The zero-order valence-electron chi connectivity index (χ0n) is 23.3. The van der Waals surface area contributed by atoms with Gasteiger partial charge < -0.3 is 14.5 Å². The third-order valence-corrected chi connectivity index (χ3v) is 6.46. The molecule has 7 nitrogen and oxygen atoms in total. The summed E-state index contributed by atoms with van der Waals surface area (Å²) in [6, 6.07) is 12.9. The number of aromatic nitrogens is 4. The lowest BCUT2D eigenvalue weighted by molar-refractivity contribution is -0.137. The fraction of sp³-hybridized carbons (Fsp3) is 0.344. The predicted octanol–water partition coefficient (Wildman–Crippen LogP) is 6.60. The number of halogens is 3. The van der Waals surface area contributed by atoms with Gasteiger partial charge in [-0.3, -0.25) is 4.68 Å². The maximum absolute atomic E-state index is 12.7. The van der Waals surface area contributed by atoms with E-state index < -0.39 is 11.7 Å². The van der Waals surface area contributed by atoms with E-state index in [2.05, 4.69) is 38.7 Å². The molecule has 2 heterocycles. The summed E-state index contributed by atoms with van der Waals surface area (Å²) in [5.74, 6) is 3.71. The molecule has 0 bridgehead atoms. The number of benzene rings is 2. The van der Waals surface area contributed by atoms with E-state index in [0.29, 0.717) is 17.1 Å². The first-order chi connectivity index (χ1) is 20.4. The van der Waals surface area contributed by atoms with Gasteiger partial charge in [-0.2, -0.15) is 13.2 Å². The summed E-state index contributed by atoms with van der Waals surface area (Å²) < 4.78 is 51.2. The molecule has 0 fully saturated rings. The average Bonchev–Trinajstić information content (AvgIpc) is 3.65. The monoisotopic (exact) mass is 577 g/mol. The van der Waals surface area contributed by atoms with E-state index in [4.69, 9.17) is 15.6 Å². The number of oxazole rings is 1. The molecule has 0 spiro atoms. The van der Waals surface area contributed by atoms with Crippen LogP contribution in [0.3, 0.4) is 0 Å². The van der Waals surface area contributed by atoms with Crippen LogP contribution in [0.4, 0.5) is 13.2 Å². The second-order valence-electron chi connectivity index (χ2n) is 9.80. The van der Waals surface area contributed by atoms with Crippen molar-refractivity contribution in [1.82, 2.24) is 25.3 Å². The van der Waals surface area contributed by atoms with Gasteiger partial charge in [0.05, 0.1) is 11.3 Å². The largest absolute Gasteiger partial charge is 0.487 e.